The second-order valence-corrected chi connectivity index (χ2v) is 9.64. The van der Waals surface area contributed by atoms with Gasteiger partial charge in [0, 0.05) is 42.3 Å². The summed E-state index contributed by atoms with van der Waals surface area (Å²) in [7, 11) is 0. The van der Waals surface area contributed by atoms with Gasteiger partial charge in [-0.15, -0.1) is 0 Å². The number of nitrogens with one attached hydrogen (secondary N) is 1. The van der Waals surface area contributed by atoms with E-state index in [1.807, 2.05) is 20.8 Å². The lowest BCUT2D eigenvalue weighted by Gasteiger charge is -2.37. The van der Waals surface area contributed by atoms with Crippen LogP contribution in [0.2, 0.25) is 0 Å². The Morgan fingerprint density at radius 1 is 1.00 bits per heavy atom. The van der Waals surface area contributed by atoms with Gasteiger partial charge in [0.1, 0.15) is 0 Å². The molecule has 6 nitrogen and oxygen atoms in total. The van der Waals surface area contributed by atoms with Crippen LogP contribution in [-0.2, 0) is 23.7 Å². The number of aromatic nitrogens is 3. The molecule has 0 radical (unpaired) electrons. The number of halogens is 6. The SMILES string of the molecule is CC(C)(C)N1C2CC(C2)C1C(=O)NCc1cc(-c2cnc(C(F)(F)F)nc2)ncc1C(F)(F)F. The molecule has 1 atom stereocenters. The summed E-state index contributed by atoms with van der Waals surface area (Å²) in [4.78, 5) is 25.3. The van der Waals surface area contributed by atoms with Gasteiger partial charge in [0.25, 0.3) is 0 Å². The van der Waals surface area contributed by atoms with Gasteiger partial charge in [-0.2, -0.15) is 26.3 Å². The topological polar surface area (TPSA) is 71.0 Å². The van der Waals surface area contributed by atoms with E-state index in [9.17, 15) is 31.1 Å². The Kier molecular flexibility index (Phi) is 5.86. The molecule has 3 fully saturated rings. The van der Waals surface area contributed by atoms with Crippen molar-refractivity contribution in [1.29, 1.82) is 0 Å². The summed E-state index contributed by atoms with van der Waals surface area (Å²) >= 11 is 0. The van der Waals surface area contributed by atoms with E-state index in [0.717, 1.165) is 31.3 Å². The van der Waals surface area contributed by atoms with Gasteiger partial charge in [-0.25, -0.2) is 9.97 Å². The van der Waals surface area contributed by atoms with E-state index in [1.165, 1.54) is 0 Å². The number of amides is 1. The van der Waals surface area contributed by atoms with Crippen molar-refractivity contribution in [3.8, 4) is 11.3 Å². The van der Waals surface area contributed by atoms with Crippen LogP contribution in [0.4, 0.5) is 26.3 Å². The average Bonchev–Trinajstić information content (AvgIpc) is 3.27. The van der Waals surface area contributed by atoms with Gasteiger partial charge in [0.2, 0.25) is 11.7 Å². The Morgan fingerprint density at radius 2 is 1.62 bits per heavy atom. The van der Waals surface area contributed by atoms with E-state index >= 15 is 0 Å². The fourth-order valence-electron chi connectivity index (χ4n) is 4.82. The van der Waals surface area contributed by atoms with Gasteiger partial charge in [-0.3, -0.25) is 14.7 Å². The first-order chi connectivity index (χ1) is 15.7. The summed E-state index contributed by atoms with van der Waals surface area (Å²) in [6, 6.07) is 0.966. The second-order valence-electron chi connectivity index (χ2n) is 9.64. The molecule has 1 unspecified atom stereocenters. The molecule has 1 saturated carbocycles. The number of carbonyl (C=O) groups is 1. The molecule has 2 aromatic heterocycles. The molecule has 2 aromatic rings. The fourth-order valence-corrected chi connectivity index (χ4v) is 4.82. The zero-order valence-electron chi connectivity index (χ0n) is 18.6. The van der Waals surface area contributed by atoms with Crippen molar-refractivity contribution >= 4 is 5.91 Å². The highest BCUT2D eigenvalue weighted by Crippen LogP contribution is 2.49. The lowest BCUT2D eigenvalue weighted by molar-refractivity contribution is -0.145. The number of alkyl halides is 6. The summed E-state index contributed by atoms with van der Waals surface area (Å²) < 4.78 is 78.8. The lowest BCUT2D eigenvalue weighted by Crippen LogP contribution is -2.51. The lowest BCUT2D eigenvalue weighted by atomic mass is 9.82. The quantitative estimate of drug-likeness (QED) is 0.646. The van der Waals surface area contributed by atoms with E-state index < -0.39 is 36.3 Å². The number of rotatable bonds is 4. The largest absolute Gasteiger partial charge is 0.451 e. The first kappa shape index (κ1) is 24.4. The normalized spacial score (nSPS) is 23.0. The fraction of sp³-hybridized carbons (Fsp3) is 0.545. The van der Waals surface area contributed by atoms with Crippen molar-refractivity contribution in [3.05, 3.63) is 41.6 Å². The number of carbonyl (C=O) groups excluding carboxylic acids is 1. The molecule has 2 saturated heterocycles. The average molecular weight is 487 g/mol. The molecule has 0 spiro atoms. The summed E-state index contributed by atoms with van der Waals surface area (Å²) in [6.45, 7) is 5.58. The van der Waals surface area contributed by atoms with Gasteiger partial charge < -0.3 is 5.32 Å². The second kappa shape index (κ2) is 8.17. The third-order valence-electron chi connectivity index (χ3n) is 6.28. The van der Waals surface area contributed by atoms with E-state index in [2.05, 4.69) is 25.2 Å². The number of hydrogen-bond acceptors (Lipinski definition) is 5. The molecule has 1 amide bonds. The maximum absolute atomic E-state index is 13.6. The Balaban J connectivity index is 1.57. The third-order valence-corrected chi connectivity index (χ3v) is 6.28. The molecular weight excluding hydrogens is 464 g/mol. The van der Waals surface area contributed by atoms with Crippen LogP contribution in [0.1, 0.15) is 50.6 Å². The molecule has 4 heterocycles. The molecule has 184 valence electrons. The standard InChI is InChI=1S/C22H23F6N5O/c1-20(2,3)33-14-4-11(5-14)17(33)18(34)30-7-12-6-16(29-10-15(12)21(23,24)25)13-8-31-19(32-9-13)22(26,27)28/h6,8-11,14,17H,4-5,7H2,1-3H3,(H,30,34). The van der Waals surface area contributed by atoms with Gasteiger partial charge in [0.05, 0.1) is 17.3 Å². The van der Waals surface area contributed by atoms with Gasteiger partial charge in [-0.05, 0) is 51.2 Å². The molecule has 1 N–H and O–H groups in total. The highest BCUT2D eigenvalue weighted by molar-refractivity contribution is 5.83. The molecule has 2 bridgehead atoms. The first-order valence-electron chi connectivity index (χ1n) is 10.7. The maximum Gasteiger partial charge on any atom is 0.451 e. The van der Waals surface area contributed by atoms with Crippen LogP contribution in [0.25, 0.3) is 11.3 Å². The zero-order valence-corrected chi connectivity index (χ0v) is 18.6. The van der Waals surface area contributed by atoms with Crippen molar-refractivity contribution in [1.82, 2.24) is 25.2 Å². The zero-order chi connectivity index (χ0) is 25.1. The predicted octanol–water partition coefficient (Wildman–Crippen LogP) is 4.45. The minimum absolute atomic E-state index is 0.0184. The van der Waals surface area contributed by atoms with Crippen molar-refractivity contribution in [2.45, 2.75) is 70.1 Å². The third kappa shape index (κ3) is 4.59. The number of hydrogen-bond donors (Lipinski definition) is 1. The maximum atomic E-state index is 13.6. The molecular formula is C22H23F6N5O. The molecule has 0 aromatic carbocycles. The number of nitrogens with zero attached hydrogens (tertiary/aromatic N) is 4. The smallest absolute Gasteiger partial charge is 0.351 e. The van der Waals surface area contributed by atoms with Crippen LogP contribution in [0, 0.1) is 5.92 Å². The Labute approximate surface area is 191 Å². The van der Waals surface area contributed by atoms with Crippen LogP contribution >= 0.6 is 0 Å². The number of pyridine rings is 1. The molecule has 1 aliphatic carbocycles. The Bertz CT molecular complexity index is 1070. The highest BCUT2D eigenvalue weighted by Gasteiger charge is 2.56. The van der Waals surface area contributed by atoms with E-state index in [-0.39, 0.29) is 34.2 Å². The van der Waals surface area contributed by atoms with Crippen molar-refractivity contribution in [3.63, 3.8) is 0 Å². The predicted molar refractivity (Wildman–Crippen MR) is 109 cm³/mol. The monoisotopic (exact) mass is 487 g/mol. The van der Waals surface area contributed by atoms with Gasteiger partial charge >= 0.3 is 12.4 Å². The molecule has 34 heavy (non-hydrogen) atoms. The highest BCUT2D eigenvalue weighted by atomic mass is 19.4. The van der Waals surface area contributed by atoms with E-state index in [0.29, 0.717) is 12.2 Å². The van der Waals surface area contributed by atoms with Gasteiger partial charge in [0.15, 0.2) is 0 Å². The Hall–Kier alpha value is -2.76. The van der Waals surface area contributed by atoms with Gasteiger partial charge in [-0.1, -0.05) is 0 Å². The number of fused-ring (bicyclic) bond motifs is 1. The molecule has 12 heteroatoms. The van der Waals surface area contributed by atoms with Crippen LogP contribution in [-0.4, -0.2) is 43.4 Å². The molecule has 5 rings (SSSR count). The van der Waals surface area contributed by atoms with Crippen molar-refractivity contribution in [2.24, 2.45) is 5.92 Å². The molecule has 3 aliphatic rings. The van der Waals surface area contributed by atoms with Crippen LogP contribution in [0.15, 0.2) is 24.7 Å². The van der Waals surface area contributed by atoms with Crippen molar-refractivity contribution in [2.75, 3.05) is 0 Å². The summed E-state index contributed by atoms with van der Waals surface area (Å²) in [5.41, 5.74) is -1.57. The van der Waals surface area contributed by atoms with E-state index in [4.69, 9.17) is 0 Å². The minimum atomic E-state index is -4.75. The van der Waals surface area contributed by atoms with E-state index in [1.54, 1.807) is 0 Å². The molecule has 2 aliphatic heterocycles. The Morgan fingerprint density at radius 3 is 2.15 bits per heavy atom. The summed E-state index contributed by atoms with van der Waals surface area (Å²) in [5.74, 6) is -1.54. The van der Waals surface area contributed by atoms with Crippen LogP contribution in [0.3, 0.4) is 0 Å². The van der Waals surface area contributed by atoms with Crippen LogP contribution in [0.5, 0.6) is 0 Å². The summed E-state index contributed by atoms with van der Waals surface area (Å²) in [5, 5.41) is 2.63. The first-order valence-corrected chi connectivity index (χ1v) is 10.7. The summed E-state index contributed by atoms with van der Waals surface area (Å²) in [6.07, 6.45) is -5.41. The van der Waals surface area contributed by atoms with Crippen molar-refractivity contribution < 1.29 is 31.1 Å². The minimum Gasteiger partial charge on any atom is -0.351 e. The van der Waals surface area contributed by atoms with Crippen LogP contribution < -0.4 is 5.32 Å².